The number of hydrogen-bond donors (Lipinski definition) is 2. The van der Waals surface area contributed by atoms with Crippen LogP contribution >= 0.6 is 0 Å². The fourth-order valence-electron chi connectivity index (χ4n) is 6.39. The van der Waals surface area contributed by atoms with E-state index in [0.29, 0.717) is 35.9 Å². The molecule has 0 bridgehead atoms. The Morgan fingerprint density at radius 1 is 1.21 bits per heavy atom. The van der Waals surface area contributed by atoms with E-state index in [9.17, 15) is 10.2 Å². The lowest BCUT2D eigenvalue weighted by atomic mass is 9.55. The first-order valence-electron chi connectivity index (χ1n) is 11.3. The van der Waals surface area contributed by atoms with E-state index in [1.54, 1.807) is 0 Å². The summed E-state index contributed by atoms with van der Waals surface area (Å²) in [6.45, 7) is 12.7. The second-order valence-corrected chi connectivity index (χ2v) is 10.4. The average molecular weight is 403 g/mol. The van der Waals surface area contributed by atoms with Crippen molar-refractivity contribution in [1.29, 1.82) is 0 Å². The van der Waals surface area contributed by atoms with Crippen LogP contribution in [0.3, 0.4) is 0 Å². The molecule has 0 aromatic heterocycles. The van der Waals surface area contributed by atoms with E-state index in [1.165, 1.54) is 5.57 Å². The Morgan fingerprint density at radius 3 is 2.59 bits per heavy atom. The summed E-state index contributed by atoms with van der Waals surface area (Å²) < 4.78 is 12.5. The Bertz CT molecular complexity index is 739. The lowest BCUT2D eigenvalue weighted by Gasteiger charge is -2.45. The number of fused-ring (bicyclic) bond motifs is 4. The molecule has 2 N–H and O–H groups in total. The lowest BCUT2D eigenvalue weighted by Crippen LogP contribution is -2.48. The summed E-state index contributed by atoms with van der Waals surface area (Å²) >= 11 is 0. The van der Waals surface area contributed by atoms with Crippen molar-refractivity contribution in [3.8, 4) is 0 Å². The zero-order valence-corrected chi connectivity index (χ0v) is 18.8. The zero-order valence-electron chi connectivity index (χ0n) is 18.8. The van der Waals surface area contributed by atoms with E-state index in [2.05, 4.69) is 45.9 Å². The van der Waals surface area contributed by atoms with Gasteiger partial charge < -0.3 is 19.7 Å². The highest BCUT2D eigenvalue weighted by molar-refractivity contribution is 5.30. The molecule has 2 saturated carbocycles. The van der Waals surface area contributed by atoms with Crippen LogP contribution in [0.5, 0.6) is 0 Å². The summed E-state index contributed by atoms with van der Waals surface area (Å²) in [5.41, 5.74) is 2.30. The van der Waals surface area contributed by atoms with Crippen LogP contribution in [0.4, 0.5) is 0 Å². The number of allylic oxidation sites excluding steroid dienone is 4. The van der Waals surface area contributed by atoms with E-state index in [4.69, 9.17) is 9.47 Å². The molecule has 162 valence electrons. The topological polar surface area (TPSA) is 65.5 Å². The first kappa shape index (κ1) is 21.3. The van der Waals surface area contributed by atoms with Crippen LogP contribution in [-0.2, 0) is 9.47 Å². The fourth-order valence-corrected chi connectivity index (χ4v) is 6.39. The highest BCUT2D eigenvalue weighted by Crippen LogP contribution is 2.67. The second-order valence-electron chi connectivity index (χ2n) is 10.4. The minimum Gasteiger partial charge on any atom is -0.396 e. The molecule has 4 nitrogen and oxygen atoms in total. The molecule has 0 spiro atoms. The van der Waals surface area contributed by atoms with Crippen molar-refractivity contribution in [3.05, 3.63) is 35.5 Å². The maximum Gasteiger partial charge on any atom is 0.0993 e. The Balaban J connectivity index is 1.61. The van der Waals surface area contributed by atoms with E-state index in [-0.39, 0.29) is 23.7 Å². The summed E-state index contributed by atoms with van der Waals surface area (Å²) in [7, 11) is 0. The Morgan fingerprint density at radius 2 is 1.93 bits per heavy atom. The van der Waals surface area contributed by atoms with Crippen molar-refractivity contribution in [1.82, 2.24) is 0 Å². The molecule has 4 aliphatic rings. The number of aliphatic hydroxyl groups is 2. The summed E-state index contributed by atoms with van der Waals surface area (Å²) in [6, 6.07) is 0. The minimum absolute atomic E-state index is 0.0117. The van der Waals surface area contributed by atoms with Crippen LogP contribution in [-0.4, -0.2) is 46.3 Å². The van der Waals surface area contributed by atoms with Gasteiger partial charge in [0, 0.05) is 18.4 Å². The van der Waals surface area contributed by atoms with Crippen molar-refractivity contribution in [3.63, 3.8) is 0 Å². The molecule has 4 heteroatoms. The van der Waals surface area contributed by atoms with Crippen LogP contribution in [0.25, 0.3) is 0 Å². The van der Waals surface area contributed by atoms with Gasteiger partial charge in [-0.05, 0) is 70.8 Å². The van der Waals surface area contributed by atoms with Crippen molar-refractivity contribution < 1.29 is 19.7 Å². The molecule has 0 aromatic rings. The molecule has 4 rings (SSSR count). The van der Waals surface area contributed by atoms with Crippen LogP contribution in [0.15, 0.2) is 35.5 Å². The van der Waals surface area contributed by atoms with Crippen molar-refractivity contribution in [2.45, 2.75) is 83.9 Å². The van der Waals surface area contributed by atoms with Crippen LogP contribution < -0.4 is 0 Å². The third-order valence-electron chi connectivity index (χ3n) is 8.42. The largest absolute Gasteiger partial charge is 0.396 e. The molecule has 2 heterocycles. The third-order valence-corrected chi connectivity index (χ3v) is 8.42. The minimum atomic E-state index is -0.610. The maximum atomic E-state index is 10.3. The molecule has 2 saturated heterocycles. The van der Waals surface area contributed by atoms with Gasteiger partial charge in [-0.2, -0.15) is 0 Å². The number of hydrogen-bond acceptors (Lipinski definition) is 4. The summed E-state index contributed by atoms with van der Waals surface area (Å²) in [5, 5.41) is 19.6. The number of epoxide rings is 2. The smallest absolute Gasteiger partial charge is 0.0993 e. The summed E-state index contributed by atoms with van der Waals surface area (Å²) in [4.78, 5) is 0. The molecule has 2 aliphatic heterocycles. The maximum absolute atomic E-state index is 10.3. The monoisotopic (exact) mass is 402 g/mol. The van der Waals surface area contributed by atoms with Gasteiger partial charge in [0.1, 0.15) is 0 Å². The SMILES string of the molecule is C/C=C(\C)[C@H]1[C@@H](/C=C/C=C(\C)[C@@H](O)[C@@H](C)CO)[C@@H]2C[C@@H]3O[C@]3(C)C[C@H]2[C@@H]2O[C@@]21C. The third kappa shape index (κ3) is 3.46. The molecule has 10 atom stereocenters. The van der Waals surface area contributed by atoms with Gasteiger partial charge in [0.05, 0.1) is 29.5 Å². The van der Waals surface area contributed by atoms with Gasteiger partial charge in [-0.15, -0.1) is 0 Å². The Hall–Kier alpha value is -0.940. The predicted octanol–water partition coefficient (Wildman–Crippen LogP) is 4.03. The molecule has 0 aromatic carbocycles. The van der Waals surface area contributed by atoms with Gasteiger partial charge in [-0.25, -0.2) is 0 Å². The number of ether oxygens (including phenoxy) is 2. The van der Waals surface area contributed by atoms with Gasteiger partial charge in [0.2, 0.25) is 0 Å². The zero-order chi connectivity index (χ0) is 21.1. The van der Waals surface area contributed by atoms with Crippen LogP contribution in [0.2, 0.25) is 0 Å². The van der Waals surface area contributed by atoms with Crippen LogP contribution in [0.1, 0.15) is 54.4 Å². The van der Waals surface area contributed by atoms with Gasteiger partial charge in [-0.1, -0.05) is 36.8 Å². The van der Waals surface area contributed by atoms with Gasteiger partial charge in [-0.3, -0.25) is 0 Å². The van der Waals surface area contributed by atoms with E-state index in [0.717, 1.165) is 18.4 Å². The average Bonchev–Trinajstić information content (AvgIpc) is 3.57. The number of aliphatic hydroxyl groups excluding tert-OH is 2. The molecular formula is C25H38O4. The predicted molar refractivity (Wildman–Crippen MR) is 114 cm³/mol. The molecule has 0 radical (unpaired) electrons. The van der Waals surface area contributed by atoms with E-state index >= 15 is 0 Å². The highest BCUT2D eigenvalue weighted by Gasteiger charge is 2.72. The first-order valence-corrected chi connectivity index (χ1v) is 11.3. The second kappa shape index (κ2) is 7.33. The standard InChI is InChI=1S/C25H38O4/c1-7-14(2)21-17(10-8-9-15(3)22(27)16(4)13-26)18-11-20-24(5,28-20)12-19(18)23-25(21,6)29-23/h7-10,16-23,26-27H,11-13H2,1-6H3/b10-8+,14-7+,15-9+/t16-,17-,18-,19+,20-,21-,22+,23-,24+,25+/m0/s1. The van der Waals surface area contributed by atoms with Crippen molar-refractivity contribution >= 4 is 0 Å². The van der Waals surface area contributed by atoms with Gasteiger partial charge >= 0.3 is 0 Å². The van der Waals surface area contributed by atoms with Crippen molar-refractivity contribution in [2.75, 3.05) is 6.61 Å². The highest BCUT2D eigenvalue weighted by atomic mass is 16.6. The normalized spacial score (nSPS) is 48.6. The molecule has 0 unspecified atom stereocenters. The van der Waals surface area contributed by atoms with Crippen molar-refractivity contribution in [2.24, 2.45) is 29.6 Å². The van der Waals surface area contributed by atoms with Gasteiger partial charge in [0.15, 0.2) is 0 Å². The quantitative estimate of drug-likeness (QED) is 0.400. The molecule has 2 aliphatic carbocycles. The molecular weight excluding hydrogens is 364 g/mol. The molecule has 29 heavy (non-hydrogen) atoms. The summed E-state index contributed by atoms with van der Waals surface area (Å²) in [5.74, 6) is 1.77. The van der Waals surface area contributed by atoms with E-state index < -0.39 is 6.10 Å². The fraction of sp³-hybridized carbons (Fsp3) is 0.760. The van der Waals surface area contributed by atoms with E-state index in [1.807, 2.05) is 19.9 Å². The first-order chi connectivity index (χ1) is 13.7. The van der Waals surface area contributed by atoms with Gasteiger partial charge in [0.25, 0.3) is 0 Å². The summed E-state index contributed by atoms with van der Waals surface area (Å²) in [6.07, 6.45) is 11.1. The molecule has 0 amide bonds. The Labute approximate surface area is 175 Å². The number of rotatable bonds is 6. The lowest BCUT2D eigenvalue weighted by molar-refractivity contribution is 0.0997. The Kier molecular flexibility index (Phi) is 5.39. The molecule has 4 fully saturated rings. The van der Waals surface area contributed by atoms with Crippen LogP contribution in [0, 0.1) is 29.6 Å².